The molecule has 1 aliphatic carbocycles. The molecule has 8 aromatic rings. The van der Waals surface area contributed by atoms with Crippen LogP contribution in [0.4, 0.5) is 0 Å². The van der Waals surface area contributed by atoms with E-state index < -0.39 is 0 Å². The molecule has 0 radical (unpaired) electrons. The van der Waals surface area contributed by atoms with E-state index in [1.807, 2.05) is 18.3 Å². The minimum Gasteiger partial charge on any atom is -0.264 e. The first kappa shape index (κ1) is 29.0. The van der Waals surface area contributed by atoms with Crippen LogP contribution in [-0.4, -0.2) is 15.0 Å². The number of hydrogen-bond acceptors (Lipinski definition) is 3. The van der Waals surface area contributed by atoms with Crippen LogP contribution in [0.1, 0.15) is 25.0 Å². The summed E-state index contributed by atoms with van der Waals surface area (Å²) in [5, 5.41) is 2.58. The van der Waals surface area contributed by atoms with E-state index in [1.165, 1.54) is 44.2 Å². The Morgan fingerprint density at radius 1 is 0.469 bits per heavy atom. The Labute approximate surface area is 286 Å². The lowest BCUT2D eigenvalue weighted by Gasteiger charge is -2.23. The second-order valence-corrected chi connectivity index (χ2v) is 13.3. The van der Waals surface area contributed by atoms with Gasteiger partial charge in [0.05, 0.1) is 11.4 Å². The summed E-state index contributed by atoms with van der Waals surface area (Å²) in [5.74, 6) is 0.706. The summed E-state index contributed by atoms with van der Waals surface area (Å²) in [7, 11) is 0. The third-order valence-electron chi connectivity index (χ3n) is 9.99. The summed E-state index contributed by atoms with van der Waals surface area (Å²) in [6.45, 7) is 4.70. The topological polar surface area (TPSA) is 38.7 Å². The molecule has 3 nitrogen and oxygen atoms in total. The van der Waals surface area contributed by atoms with Crippen LogP contribution in [0.2, 0.25) is 0 Å². The molecule has 0 saturated heterocycles. The summed E-state index contributed by atoms with van der Waals surface area (Å²) in [5.41, 5.74) is 14.6. The van der Waals surface area contributed by atoms with Crippen LogP contribution in [0.3, 0.4) is 0 Å². The summed E-state index contributed by atoms with van der Waals surface area (Å²) in [4.78, 5) is 14.8. The molecule has 0 spiro atoms. The third-order valence-corrected chi connectivity index (χ3v) is 9.99. The predicted molar refractivity (Wildman–Crippen MR) is 202 cm³/mol. The van der Waals surface area contributed by atoms with Crippen LogP contribution in [0.15, 0.2) is 164 Å². The lowest BCUT2D eigenvalue weighted by atomic mass is 9.80. The zero-order chi connectivity index (χ0) is 33.0. The van der Waals surface area contributed by atoms with Crippen molar-refractivity contribution < 1.29 is 0 Å². The van der Waals surface area contributed by atoms with Crippen molar-refractivity contribution >= 4 is 10.8 Å². The number of benzene rings is 6. The van der Waals surface area contributed by atoms with Crippen LogP contribution >= 0.6 is 0 Å². The van der Waals surface area contributed by atoms with Crippen molar-refractivity contribution in [3.8, 4) is 67.3 Å². The third kappa shape index (κ3) is 4.94. The summed E-state index contributed by atoms with van der Waals surface area (Å²) >= 11 is 0. The highest BCUT2D eigenvalue weighted by molar-refractivity contribution is 6.01. The molecule has 9 rings (SSSR count). The Morgan fingerprint density at radius 3 is 1.90 bits per heavy atom. The van der Waals surface area contributed by atoms with Gasteiger partial charge in [0.25, 0.3) is 0 Å². The number of hydrogen-bond donors (Lipinski definition) is 0. The number of aromatic nitrogens is 3. The van der Waals surface area contributed by atoms with Gasteiger partial charge in [0, 0.05) is 34.5 Å². The minimum absolute atomic E-state index is 0.157. The van der Waals surface area contributed by atoms with Gasteiger partial charge in [0.2, 0.25) is 0 Å². The molecule has 2 heterocycles. The van der Waals surface area contributed by atoms with Crippen molar-refractivity contribution in [2.75, 3.05) is 0 Å². The first-order valence-electron chi connectivity index (χ1n) is 16.8. The zero-order valence-electron chi connectivity index (χ0n) is 27.4. The Kier molecular flexibility index (Phi) is 6.80. The predicted octanol–water partition coefficient (Wildman–Crippen LogP) is 11.7. The smallest absolute Gasteiger partial charge is 0.160 e. The lowest BCUT2D eigenvalue weighted by molar-refractivity contribution is 0.666. The average molecular weight is 628 g/mol. The fourth-order valence-electron chi connectivity index (χ4n) is 7.54. The monoisotopic (exact) mass is 627 g/mol. The van der Waals surface area contributed by atoms with Gasteiger partial charge in [0.1, 0.15) is 0 Å². The second kappa shape index (κ2) is 11.5. The zero-order valence-corrected chi connectivity index (χ0v) is 27.4. The molecule has 0 unspecified atom stereocenters. The SMILES string of the molecule is CC1(C)c2cccc(-c3cc(-c4ccc(-c5cccnc5)cc4)nc(-c4ccc(-c5ccccc5)cc4)n3)c2-c2ccc3ccccc3c21. The molecule has 232 valence electrons. The number of pyridine rings is 1. The van der Waals surface area contributed by atoms with Gasteiger partial charge in [0.15, 0.2) is 5.82 Å². The van der Waals surface area contributed by atoms with Gasteiger partial charge in [-0.2, -0.15) is 0 Å². The van der Waals surface area contributed by atoms with E-state index in [0.29, 0.717) is 5.82 Å². The first-order valence-corrected chi connectivity index (χ1v) is 16.8. The normalized spacial score (nSPS) is 12.9. The van der Waals surface area contributed by atoms with Crippen molar-refractivity contribution in [1.29, 1.82) is 0 Å². The van der Waals surface area contributed by atoms with Gasteiger partial charge in [-0.1, -0.05) is 153 Å². The molecular formula is C46H33N3. The Balaban J connectivity index is 1.22. The van der Waals surface area contributed by atoms with Crippen molar-refractivity contribution in [3.63, 3.8) is 0 Å². The highest BCUT2D eigenvalue weighted by Crippen LogP contribution is 2.54. The summed E-state index contributed by atoms with van der Waals surface area (Å²) in [6, 6.07) is 53.8. The van der Waals surface area contributed by atoms with Gasteiger partial charge < -0.3 is 0 Å². The van der Waals surface area contributed by atoms with Crippen molar-refractivity contribution in [2.24, 2.45) is 0 Å². The first-order chi connectivity index (χ1) is 24.0. The average Bonchev–Trinajstić information content (AvgIpc) is 3.42. The number of rotatable bonds is 5. The molecule has 2 aromatic heterocycles. The van der Waals surface area contributed by atoms with Gasteiger partial charge >= 0.3 is 0 Å². The van der Waals surface area contributed by atoms with Gasteiger partial charge in [-0.05, 0) is 67.4 Å². The Hall–Kier alpha value is -6.19. The molecule has 1 aliphatic rings. The molecule has 0 saturated carbocycles. The lowest BCUT2D eigenvalue weighted by Crippen LogP contribution is -2.15. The fourth-order valence-corrected chi connectivity index (χ4v) is 7.54. The van der Waals surface area contributed by atoms with Crippen LogP contribution in [0.5, 0.6) is 0 Å². The van der Waals surface area contributed by atoms with Crippen LogP contribution in [0.25, 0.3) is 78.1 Å². The number of nitrogens with zero attached hydrogens (tertiary/aromatic N) is 3. The van der Waals surface area contributed by atoms with Crippen LogP contribution in [0, 0.1) is 0 Å². The molecule has 6 aromatic carbocycles. The van der Waals surface area contributed by atoms with Gasteiger partial charge in [-0.25, -0.2) is 9.97 Å². The van der Waals surface area contributed by atoms with E-state index in [9.17, 15) is 0 Å². The number of fused-ring (bicyclic) bond motifs is 5. The van der Waals surface area contributed by atoms with Gasteiger partial charge in [-0.3, -0.25) is 4.98 Å². The maximum atomic E-state index is 5.31. The molecular weight excluding hydrogens is 595 g/mol. The highest BCUT2D eigenvalue weighted by Gasteiger charge is 2.38. The van der Waals surface area contributed by atoms with Crippen molar-refractivity contribution in [1.82, 2.24) is 15.0 Å². The van der Waals surface area contributed by atoms with Gasteiger partial charge in [-0.15, -0.1) is 0 Å². The largest absolute Gasteiger partial charge is 0.264 e. The Bertz CT molecular complexity index is 2380. The van der Waals surface area contributed by atoms with E-state index >= 15 is 0 Å². The molecule has 0 amide bonds. The van der Waals surface area contributed by atoms with E-state index in [-0.39, 0.29) is 5.41 Å². The molecule has 49 heavy (non-hydrogen) atoms. The second-order valence-electron chi connectivity index (χ2n) is 13.3. The minimum atomic E-state index is -0.157. The van der Waals surface area contributed by atoms with Crippen molar-refractivity contribution in [2.45, 2.75) is 19.3 Å². The van der Waals surface area contributed by atoms with E-state index in [4.69, 9.17) is 9.97 Å². The van der Waals surface area contributed by atoms with Crippen LogP contribution < -0.4 is 0 Å². The molecule has 0 bridgehead atoms. The Morgan fingerprint density at radius 2 is 1.12 bits per heavy atom. The molecule has 0 fully saturated rings. The molecule has 0 aliphatic heterocycles. The molecule has 0 atom stereocenters. The molecule has 3 heteroatoms. The van der Waals surface area contributed by atoms with Crippen LogP contribution in [-0.2, 0) is 5.41 Å². The van der Waals surface area contributed by atoms with E-state index in [2.05, 4.69) is 158 Å². The van der Waals surface area contributed by atoms with E-state index in [1.54, 1.807) is 6.20 Å². The van der Waals surface area contributed by atoms with Crippen molar-refractivity contribution in [3.05, 3.63) is 175 Å². The highest BCUT2D eigenvalue weighted by atomic mass is 14.9. The summed E-state index contributed by atoms with van der Waals surface area (Å²) < 4.78 is 0. The fraction of sp³-hybridized carbons (Fsp3) is 0.0652. The quantitative estimate of drug-likeness (QED) is 0.191. The molecule has 0 N–H and O–H groups in total. The maximum absolute atomic E-state index is 5.31. The summed E-state index contributed by atoms with van der Waals surface area (Å²) in [6.07, 6.45) is 3.70. The standard InChI is InChI=1S/C46H33N3/c1-46(2)40-16-8-15-38(43(40)39-26-25-33-12-6-7-14-37(33)44(39)46)42-28-41(34-21-17-32(18-22-34)36-13-9-27-47-29-36)48-45(49-42)35-23-19-31(20-24-35)30-10-4-3-5-11-30/h3-29H,1-2H3. The van der Waals surface area contributed by atoms with E-state index in [0.717, 1.165) is 39.2 Å². The maximum Gasteiger partial charge on any atom is 0.160 e.